The number of aromatic nitrogens is 3. The van der Waals surface area contributed by atoms with Gasteiger partial charge in [0.1, 0.15) is 29.7 Å². The summed E-state index contributed by atoms with van der Waals surface area (Å²) in [6.07, 6.45) is 8.44. The molecule has 37 heavy (non-hydrogen) atoms. The first kappa shape index (κ1) is 23.8. The van der Waals surface area contributed by atoms with Crippen molar-refractivity contribution in [1.29, 1.82) is 0 Å². The minimum Gasteiger partial charge on any atom is -0.465 e. The van der Waals surface area contributed by atoms with Gasteiger partial charge in [0.2, 0.25) is 5.91 Å². The SMILES string of the molecule is O=C1OCCC/C=C\[C@@H]2O[C@]34C=CCN(Cn5nnc6ccccc65)C(=O)C3N(CCCO)C(=O)[C@@H]4[C@H]12. The minimum atomic E-state index is -1.32. The zero-order chi connectivity index (χ0) is 25.6. The van der Waals surface area contributed by atoms with Crippen molar-refractivity contribution in [3.05, 3.63) is 48.6 Å². The third kappa shape index (κ3) is 3.75. The van der Waals surface area contributed by atoms with Gasteiger partial charge in [0.25, 0.3) is 5.91 Å². The molecule has 0 saturated carbocycles. The summed E-state index contributed by atoms with van der Waals surface area (Å²) in [5.41, 5.74) is 0.185. The van der Waals surface area contributed by atoms with Crippen LogP contribution in [0.25, 0.3) is 11.0 Å². The molecule has 11 nitrogen and oxygen atoms in total. The molecule has 1 spiro atoms. The fourth-order valence-corrected chi connectivity index (χ4v) is 6.09. The van der Waals surface area contributed by atoms with E-state index in [1.54, 1.807) is 15.7 Å². The summed E-state index contributed by atoms with van der Waals surface area (Å²) in [7, 11) is 0. The number of benzene rings is 1. The summed E-state index contributed by atoms with van der Waals surface area (Å²) in [5, 5.41) is 17.9. The van der Waals surface area contributed by atoms with Gasteiger partial charge in [-0.25, -0.2) is 4.68 Å². The molecule has 2 saturated heterocycles. The van der Waals surface area contributed by atoms with Crippen molar-refractivity contribution < 1.29 is 29.0 Å². The molecule has 1 N–H and O–H groups in total. The Morgan fingerprint density at radius 2 is 2.00 bits per heavy atom. The van der Waals surface area contributed by atoms with Crippen molar-refractivity contribution in [3.63, 3.8) is 0 Å². The number of aliphatic hydroxyl groups is 1. The number of rotatable bonds is 5. The number of esters is 1. The van der Waals surface area contributed by atoms with Gasteiger partial charge in [-0.1, -0.05) is 41.7 Å². The highest BCUT2D eigenvalue weighted by atomic mass is 16.6. The van der Waals surface area contributed by atoms with Gasteiger partial charge in [0, 0.05) is 19.7 Å². The molecule has 0 aliphatic carbocycles. The van der Waals surface area contributed by atoms with Crippen LogP contribution in [-0.4, -0.2) is 91.7 Å². The number of carbonyl (C=O) groups excluding carboxylic acids is 3. The second-order valence-electron chi connectivity index (χ2n) is 9.87. The number of fused-ring (bicyclic) bond motifs is 3. The maximum Gasteiger partial charge on any atom is 0.312 e. The van der Waals surface area contributed by atoms with Crippen molar-refractivity contribution in [3.8, 4) is 0 Å². The van der Waals surface area contributed by atoms with Crippen LogP contribution in [0.5, 0.6) is 0 Å². The van der Waals surface area contributed by atoms with E-state index in [4.69, 9.17) is 9.47 Å². The molecule has 2 fully saturated rings. The van der Waals surface area contributed by atoms with Gasteiger partial charge in [-0.2, -0.15) is 0 Å². The molecule has 194 valence electrons. The van der Waals surface area contributed by atoms with E-state index >= 15 is 0 Å². The van der Waals surface area contributed by atoms with Gasteiger partial charge in [-0.05, 0) is 31.4 Å². The van der Waals surface area contributed by atoms with Crippen molar-refractivity contribution >= 4 is 28.8 Å². The molecular weight excluding hydrogens is 478 g/mol. The Balaban J connectivity index is 1.39. The van der Waals surface area contributed by atoms with Crippen LogP contribution in [0.15, 0.2) is 48.6 Å². The van der Waals surface area contributed by atoms with E-state index in [2.05, 4.69) is 10.3 Å². The lowest BCUT2D eigenvalue weighted by Crippen LogP contribution is -2.55. The van der Waals surface area contributed by atoms with Crippen LogP contribution >= 0.6 is 0 Å². The zero-order valence-electron chi connectivity index (χ0n) is 20.3. The first-order valence-corrected chi connectivity index (χ1v) is 12.7. The molecule has 11 heteroatoms. The minimum absolute atomic E-state index is 0.134. The fourth-order valence-electron chi connectivity index (χ4n) is 6.09. The van der Waals surface area contributed by atoms with E-state index in [1.165, 1.54) is 4.90 Å². The summed E-state index contributed by atoms with van der Waals surface area (Å²) in [5.74, 6) is -2.87. The van der Waals surface area contributed by atoms with Crippen molar-refractivity contribution in [2.45, 2.75) is 43.7 Å². The van der Waals surface area contributed by atoms with Crippen molar-refractivity contribution in [2.24, 2.45) is 11.8 Å². The normalized spacial score (nSPS) is 32.3. The molecule has 2 amide bonds. The quantitative estimate of drug-likeness (QED) is 0.462. The topological polar surface area (TPSA) is 127 Å². The van der Waals surface area contributed by atoms with E-state index in [9.17, 15) is 19.5 Å². The molecule has 4 aliphatic heterocycles. The third-order valence-electron chi connectivity index (χ3n) is 7.72. The number of nitrogens with zero attached hydrogens (tertiary/aromatic N) is 5. The molecule has 1 aromatic heterocycles. The molecule has 5 atom stereocenters. The number of likely N-dealkylation sites (tertiary alicyclic amines) is 1. The van der Waals surface area contributed by atoms with Crippen LogP contribution in [0.4, 0.5) is 0 Å². The number of amides is 2. The van der Waals surface area contributed by atoms with Gasteiger partial charge < -0.3 is 24.4 Å². The Bertz CT molecular complexity index is 1290. The lowest BCUT2D eigenvalue weighted by atomic mass is 9.78. The lowest BCUT2D eigenvalue weighted by Gasteiger charge is -2.35. The number of carbonyl (C=O) groups is 3. The lowest BCUT2D eigenvalue weighted by molar-refractivity contribution is -0.155. The van der Waals surface area contributed by atoms with Gasteiger partial charge in [-0.3, -0.25) is 14.4 Å². The monoisotopic (exact) mass is 507 g/mol. The van der Waals surface area contributed by atoms with Crippen LogP contribution in [0.2, 0.25) is 0 Å². The van der Waals surface area contributed by atoms with Crippen LogP contribution in [-0.2, 0) is 30.5 Å². The third-order valence-corrected chi connectivity index (χ3v) is 7.72. The summed E-state index contributed by atoms with van der Waals surface area (Å²) in [6.45, 7) is 0.719. The Labute approximate surface area is 213 Å². The van der Waals surface area contributed by atoms with E-state index < -0.39 is 35.6 Å². The molecule has 6 rings (SSSR count). The first-order valence-electron chi connectivity index (χ1n) is 12.7. The standard InChI is InChI=1S/C26H29N5O6/c32-14-7-13-30-22-24(34)29(16-31-18-9-4-3-8-17(18)27-28-31)12-6-11-26(22)21(23(30)33)20-19(37-26)10-2-1-5-15-36-25(20)35/h2-4,6,8-11,19-22,32H,1,5,7,12-16H2/b10-2-/t19-,20+,21-,22?,26-/m0/s1. The second kappa shape index (κ2) is 9.38. The highest BCUT2D eigenvalue weighted by molar-refractivity contribution is 5.99. The van der Waals surface area contributed by atoms with E-state index in [0.29, 0.717) is 18.4 Å². The van der Waals surface area contributed by atoms with Crippen LogP contribution in [0.1, 0.15) is 19.3 Å². The zero-order valence-corrected chi connectivity index (χ0v) is 20.3. The second-order valence-corrected chi connectivity index (χ2v) is 9.87. The Morgan fingerprint density at radius 1 is 1.14 bits per heavy atom. The number of cyclic esters (lactones) is 1. The highest BCUT2D eigenvalue weighted by Gasteiger charge is 2.71. The number of allylic oxidation sites excluding steroid dienone is 1. The van der Waals surface area contributed by atoms with Crippen molar-refractivity contribution in [1.82, 2.24) is 24.8 Å². The predicted molar refractivity (Wildman–Crippen MR) is 130 cm³/mol. The summed E-state index contributed by atoms with van der Waals surface area (Å²) < 4.78 is 13.7. The maximum atomic E-state index is 14.2. The van der Waals surface area contributed by atoms with Gasteiger partial charge >= 0.3 is 5.97 Å². The van der Waals surface area contributed by atoms with Crippen LogP contribution in [0, 0.1) is 11.8 Å². The number of aliphatic hydroxyl groups excluding tert-OH is 1. The smallest absolute Gasteiger partial charge is 0.312 e. The first-order chi connectivity index (χ1) is 18.0. The molecule has 2 aromatic rings. The number of para-hydroxylation sites is 1. The largest absolute Gasteiger partial charge is 0.465 e. The van der Waals surface area contributed by atoms with Gasteiger partial charge in [-0.15, -0.1) is 5.10 Å². The molecule has 1 unspecified atom stereocenters. The van der Waals surface area contributed by atoms with Crippen LogP contribution in [0.3, 0.4) is 0 Å². The maximum absolute atomic E-state index is 14.2. The Morgan fingerprint density at radius 3 is 2.86 bits per heavy atom. The molecular formula is C26H29N5O6. The molecule has 4 aliphatic rings. The molecule has 0 bridgehead atoms. The number of hydrogen-bond donors (Lipinski definition) is 1. The average Bonchev–Trinajstić information content (AvgIpc) is 3.50. The van der Waals surface area contributed by atoms with E-state index in [-0.39, 0.29) is 44.8 Å². The predicted octanol–water partition coefficient (Wildman–Crippen LogP) is 0.644. The molecule has 0 radical (unpaired) electrons. The van der Waals surface area contributed by atoms with Crippen LogP contribution < -0.4 is 0 Å². The van der Waals surface area contributed by atoms with Gasteiger partial charge in [0.15, 0.2) is 0 Å². The molecule has 1 aromatic carbocycles. The van der Waals surface area contributed by atoms with Gasteiger partial charge in [0.05, 0.1) is 24.1 Å². The summed E-state index contributed by atoms with van der Waals surface area (Å²) in [6, 6.07) is 6.50. The summed E-state index contributed by atoms with van der Waals surface area (Å²) in [4.78, 5) is 44.3. The van der Waals surface area contributed by atoms with E-state index in [0.717, 1.165) is 11.9 Å². The summed E-state index contributed by atoms with van der Waals surface area (Å²) >= 11 is 0. The average molecular weight is 508 g/mol. The number of ether oxygens (including phenoxy) is 2. The van der Waals surface area contributed by atoms with E-state index in [1.807, 2.05) is 42.5 Å². The van der Waals surface area contributed by atoms with Crippen molar-refractivity contribution in [2.75, 3.05) is 26.3 Å². The molecule has 5 heterocycles. The fraction of sp³-hybridized carbons (Fsp3) is 0.500. The Kier molecular flexibility index (Phi) is 6.04. The highest BCUT2D eigenvalue weighted by Crippen LogP contribution is 2.53. The number of hydrogen-bond acceptors (Lipinski definition) is 8. The Hall–Kier alpha value is -3.57.